The number of hydrogen-bond donors (Lipinski definition) is 3. The topological polar surface area (TPSA) is 95.9 Å². The lowest BCUT2D eigenvalue weighted by atomic mass is 9.88. The maximum Gasteiger partial charge on any atom is 0.310 e. The quantitative estimate of drug-likeness (QED) is 0.689. The van der Waals surface area contributed by atoms with Crippen molar-refractivity contribution < 1.29 is 24.5 Å². The molecule has 3 N–H and O–H groups in total. The number of aliphatic hydroxyl groups excluding tert-OH is 1. The molecular formula is C14H23NO5. The Balaban J connectivity index is 2.92. The number of carbonyl (C=O) groups excluding carboxylic acids is 1. The van der Waals surface area contributed by atoms with Crippen molar-refractivity contribution >= 4 is 11.9 Å². The number of carboxylic acids is 1. The smallest absolute Gasteiger partial charge is 0.310 e. The van der Waals surface area contributed by atoms with Crippen LogP contribution in [-0.2, 0) is 14.3 Å². The third kappa shape index (κ3) is 4.23. The van der Waals surface area contributed by atoms with E-state index < -0.39 is 24.0 Å². The van der Waals surface area contributed by atoms with Gasteiger partial charge in [0.1, 0.15) is 11.8 Å². The van der Waals surface area contributed by atoms with Crippen molar-refractivity contribution in [3.8, 4) is 0 Å². The molecule has 3 unspecified atom stereocenters. The molecular weight excluding hydrogens is 262 g/mol. The predicted octanol–water partition coefficient (Wildman–Crippen LogP) is 1.61. The third-order valence-corrected chi connectivity index (χ3v) is 3.50. The van der Waals surface area contributed by atoms with Crippen LogP contribution in [0.2, 0.25) is 0 Å². The van der Waals surface area contributed by atoms with Gasteiger partial charge < -0.3 is 20.3 Å². The first-order valence-corrected chi connectivity index (χ1v) is 6.95. The van der Waals surface area contributed by atoms with Gasteiger partial charge in [-0.25, -0.2) is 0 Å². The summed E-state index contributed by atoms with van der Waals surface area (Å²) >= 11 is 0. The fraction of sp³-hybridized carbons (Fsp3) is 0.714. The Morgan fingerprint density at radius 2 is 2.05 bits per heavy atom. The van der Waals surface area contributed by atoms with Crippen LogP contribution in [0.3, 0.4) is 0 Å². The van der Waals surface area contributed by atoms with E-state index in [9.17, 15) is 14.7 Å². The zero-order valence-electron chi connectivity index (χ0n) is 12.1. The molecule has 0 radical (unpaired) electrons. The molecule has 6 heteroatoms. The van der Waals surface area contributed by atoms with Crippen molar-refractivity contribution in [3.05, 3.63) is 11.8 Å². The molecule has 1 aliphatic carbocycles. The van der Waals surface area contributed by atoms with E-state index in [1.165, 1.54) is 13.0 Å². The van der Waals surface area contributed by atoms with Crippen molar-refractivity contribution in [2.75, 3.05) is 0 Å². The number of ether oxygens (including phenoxy) is 1. The van der Waals surface area contributed by atoms with Crippen LogP contribution in [0, 0.1) is 5.92 Å². The molecule has 0 saturated carbocycles. The molecule has 0 bridgehead atoms. The molecule has 1 aliphatic rings. The highest BCUT2D eigenvalue weighted by molar-refractivity contribution is 5.75. The summed E-state index contributed by atoms with van der Waals surface area (Å²) in [4.78, 5) is 22.3. The van der Waals surface area contributed by atoms with E-state index in [-0.39, 0.29) is 24.2 Å². The van der Waals surface area contributed by atoms with Crippen LogP contribution in [-0.4, -0.2) is 40.3 Å². The zero-order valence-corrected chi connectivity index (χ0v) is 12.1. The number of nitrogens with one attached hydrogen (secondary N) is 1. The van der Waals surface area contributed by atoms with Gasteiger partial charge in [-0.05, 0) is 25.3 Å². The third-order valence-electron chi connectivity index (χ3n) is 3.50. The Morgan fingerprint density at radius 3 is 2.50 bits per heavy atom. The first-order valence-electron chi connectivity index (χ1n) is 6.95. The Bertz CT molecular complexity index is 389. The highest BCUT2D eigenvalue weighted by Crippen LogP contribution is 2.27. The summed E-state index contributed by atoms with van der Waals surface area (Å²) in [6.45, 7) is 5.31. The van der Waals surface area contributed by atoms with E-state index in [4.69, 9.17) is 9.84 Å². The average molecular weight is 285 g/mol. The van der Waals surface area contributed by atoms with Crippen molar-refractivity contribution in [2.45, 2.75) is 58.3 Å². The Morgan fingerprint density at radius 1 is 1.45 bits per heavy atom. The highest BCUT2D eigenvalue weighted by atomic mass is 16.5. The summed E-state index contributed by atoms with van der Waals surface area (Å²) in [5.41, 5.74) is 0. The maximum absolute atomic E-state index is 11.2. The van der Waals surface area contributed by atoms with Gasteiger partial charge in [-0.3, -0.25) is 9.59 Å². The van der Waals surface area contributed by atoms with E-state index >= 15 is 0 Å². The normalized spacial score (nSPS) is 26.2. The van der Waals surface area contributed by atoms with Gasteiger partial charge in [0, 0.05) is 6.92 Å². The van der Waals surface area contributed by atoms with Crippen molar-refractivity contribution in [1.29, 1.82) is 0 Å². The van der Waals surface area contributed by atoms with Gasteiger partial charge in [0.2, 0.25) is 5.91 Å². The Kier molecular flexibility index (Phi) is 6.01. The molecule has 0 spiro atoms. The predicted molar refractivity (Wildman–Crippen MR) is 73.3 cm³/mol. The Labute approximate surface area is 118 Å². The molecule has 114 valence electrons. The van der Waals surface area contributed by atoms with Gasteiger partial charge in [0.25, 0.3) is 0 Å². The van der Waals surface area contributed by atoms with E-state index in [0.717, 1.165) is 12.8 Å². The van der Waals surface area contributed by atoms with Crippen molar-refractivity contribution in [3.63, 3.8) is 0 Å². The van der Waals surface area contributed by atoms with Gasteiger partial charge in [0.05, 0.1) is 18.1 Å². The lowest BCUT2D eigenvalue weighted by Crippen LogP contribution is -2.49. The number of carboxylic acid groups (broad SMARTS) is 1. The van der Waals surface area contributed by atoms with Crippen LogP contribution in [0.1, 0.15) is 40.0 Å². The fourth-order valence-corrected chi connectivity index (χ4v) is 2.38. The van der Waals surface area contributed by atoms with E-state index in [1.54, 1.807) is 0 Å². The minimum absolute atomic E-state index is 0.0170. The summed E-state index contributed by atoms with van der Waals surface area (Å²) < 4.78 is 5.88. The van der Waals surface area contributed by atoms with Crippen LogP contribution in [0.5, 0.6) is 0 Å². The molecule has 20 heavy (non-hydrogen) atoms. The monoisotopic (exact) mass is 285 g/mol. The first-order chi connectivity index (χ1) is 9.38. The summed E-state index contributed by atoms with van der Waals surface area (Å²) in [5, 5.41) is 21.7. The van der Waals surface area contributed by atoms with Crippen molar-refractivity contribution in [2.24, 2.45) is 5.92 Å². The minimum atomic E-state index is -1.00. The van der Waals surface area contributed by atoms with Gasteiger partial charge >= 0.3 is 5.97 Å². The van der Waals surface area contributed by atoms with Gasteiger partial charge in [-0.2, -0.15) is 0 Å². The van der Waals surface area contributed by atoms with Gasteiger partial charge in [-0.15, -0.1) is 0 Å². The van der Waals surface area contributed by atoms with E-state index in [1.807, 2.05) is 13.8 Å². The molecule has 0 aromatic heterocycles. The van der Waals surface area contributed by atoms with Crippen LogP contribution in [0.15, 0.2) is 11.8 Å². The number of aliphatic hydroxyl groups is 1. The number of hydrogen-bond acceptors (Lipinski definition) is 4. The number of carbonyl (C=O) groups is 2. The molecule has 1 amide bonds. The summed E-state index contributed by atoms with van der Waals surface area (Å²) in [5.74, 6) is -2.23. The first kappa shape index (κ1) is 16.5. The summed E-state index contributed by atoms with van der Waals surface area (Å²) in [7, 11) is 0. The van der Waals surface area contributed by atoms with Gasteiger partial charge in [-0.1, -0.05) is 13.8 Å². The second-order valence-corrected chi connectivity index (χ2v) is 5.06. The lowest BCUT2D eigenvalue weighted by Gasteiger charge is -2.34. The zero-order chi connectivity index (χ0) is 15.3. The second kappa shape index (κ2) is 7.28. The van der Waals surface area contributed by atoms with Crippen LogP contribution in [0.4, 0.5) is 0 Å². The van der Waals surface area contributed by atoms with E-state index in [2.05, 4.69) is 5.32 Å². The molecule has 3 atom stereocenters. The average Bonchev–Trinajstić information content (AvgIpc) is 2.38. The molecule has 0 aliphatic heterocycles. The molecule has 6 nitrogen and oxygen atoms in total. The lowest BCUT2D eigenvalue weighted by molar-refractivity contribution is -0.143. The summed E-state index contributed by atoms with van der Waals surface area (Å²) in [6.07, 6.45) is 2.55. The highest BCUT2D eigenvalue weighted by Gasteiger charge is 2.37. The largest absolute Gasteiger partial charge is 0.510 e. The van der Waals surface area contributed by atoms with Crippen LogP contribution in [0.25, 0.3) is 0 Å². The molecule has 0 saturated heterocycles. The summed E-state index contributed by atoms with van der Waals surface area (Å²) in [6, 6.07) is -0.677. The minimum Gasteiger partial charge on any atom is -0.510 e. The number of aliphatic carboxylic acids is 1. The molecule has 0 fully saturated rings. The number of rotatable bonds is 6. The maximum atomic E-state index is 11.2. The number of amides is 1. The molecule has 1 rings (SSSR count). The Hall–Kier alpha value is -1.56. The van der Waals surface area contributed by atoms with Crippen molar-refractivity contribution in [1.82, 2.24) is 5.32 Å². The van der Waals surface area contributed by atoms with Gasteiger partial charge in [0.15, 0.2) is 0 Å². The molecule has 0 heterocycles. The van der Waals surface area contributed by atoms with Crippen LogP contribution < -0.4 is 5.32 Å². The standard InChI is InChI=1S/C14H23NO5/c1-4-10(5-2)20-12-7-9(14(18)19)6-11(17)13(12)15-8(3)16/h6,9-10,12-13,17H,4-5,7H2,1-3H3,(H,15,16)(H,18,19). The van der Waals surface area contributed by atoms with Crippen LogP contribution >= 0.6 is 0 Å². The second-order valence-electron chi connectivity index (χ2n) is 5.06. The SMILES string of the molecule is CCC(CC)OC1CC(C(=O)O)C=C(O)C1NC(C)=O. The molecule has 0 aromatic carbocycles. The fourth-order valence-electron chi connectivity index (χ4n) is 2.38. The molecule has 0 aromatic rings. The van der Waals surface area contributed by atoms with E-state index in [0.29, 0.717) is 0 Å².